The maximum atomic E-state index is 6.54. The van der Waals surface area contributed by atoms with E-state index in [1.165, 1.54) is 104 Å². The number of fused-ring (bicyclic) bond motifs is 17. The minimum absolute atomic E-state index is 0.176. The summed E-state index contributed by atoms with van der Waals surface area (Å²) in [6.45, 7) is 4.86. The maximum absolute atomic E-state index is 6.54. The lowest BCUT2D eigenvalue weighted by molar-refractivity contribution is 0.672. The zero-order valence-electron chi connectivity index (χ0n) is 32.2. The average Bonchev–Trinajstić information content (AvgIpc) is 3.77. The first-order valence-corrected chi connectivity index (χ1v) is 20.3. The van der Waals surface area contributed by atoms with Gasteiger partial charge in [-0.1, -0.05) is 172 Å². The van der Waals surface area contributed by atoms with Crippen LogP contribution in [0.3, 0.4) is 0 Å². The SMILES string of the molecule is CC1(C)c2c(ccc3cc(-c4c5ccccc5c(-c5ccc6oc7c8ccccc8ccc7c6c5)c5ccccc45)ccc23)-c2c1c1ccccc1c1ccccc21. The zero-order chi connectivity index (χ0) is 38.3. The summed E-state index contributed by atoms with van der Waals surface area (Å²) in [5.41, 5.74) is 12.3. The highest BCUT2D eigenvalue weighted by atomic mass is 16.3. The highest BCUT2D eigenvalue weighted by molar-refractivity contribution is 6.24. The predicted octanol–water partition coefficient (Wildman–Crippen LogP) is 16.1. The standard InChI is InChI=1S/C57H36O/c1-57(2)54-37-27-25-35(31-34(37)24-29-48(54)53-41-17-7-5-15-39(41)40-16-6-12-22-46(40)55(53)57)51-42-18-8-10-20-44(42)52(45-21-11-9-19-43(45)51)36-26-30-50-49(32-36)47-28-23-33-13-3-4-14-38(33)56(47)58-50/h3-32H,1-2H3. The minimum atomic E-state index is -0.176. The molecule has 0 radical (unpaired) electrons. The van der Waals surface area contributed by atoms with Gasteiger partial charge in [0.25, 0.3) is 0 Å². The van der Waals surface area contributed by atoms with Gasteiger partial charge in [-0.05, 0) is 128 Å². The molecule has 0 amide bonds. The molecule has 1 aliphatic rings. The van der Waals surface area contributed by atoms with E-state index in [1.807, 2.05) is 0 Å². The third kappa shape index (κ3) is 4.15. The van der Waals surface area contributed by atoms with E-state index in [4.69, 9.17) is 4.42 Å². The van der Waals surface area contributed by atoms with Crippen LogP contribution in [0.1, 0.15) is 25.0 Å². The Balaban J connectivity index is 1.03. The van der Waals surface area contributed by atoms with Crippen LogP contribution in [0.4, 0.5) is 0 Å². The van der Waals surface area contributed by atoms with Crippen LogP contribution in [0.2, 0.25) is 0 Å². The molecular formula is C57H36O. The van der Waals surface area contributed by atoms with Crippen molar-refractivity contribution in [2.24, 2.45) is 0 Å². The van der Waals surface area contributed by atoms with Gasteiger partial charge in [-0.2, -0.15) is 0 Å². The van der Waals surface area contributed by atoms with Crippen LogP contribution in [0.15, 0.2) is 186 Å². The van der Waals surface area contributed by atoms with Crippen LogP contribution in [0.5, 0.6) is 0 Å². The van der Waals surface area contributed by atoms with Gasteiger partial charge < -0.3 is 4.42 Å². The fraction of sp³-hybridized carbons (Fsp3) is 0.0526. The van der Waals surface area contributed by atoms with E-state index < -0.39 is 0 Å². The van der Waals surface area contributed by atoms with Crippen molar-refractivity contribution < 1.29 is 4.42 Å². The molecule has 0 saturated carbocycles. The lowest BCUT2D eigenvalue weighted by Crippen LogP contribution is -2.16. The first-order chi connectivity index (χ1) is 28.5. The second kappa shape index (κ2) is 11.4. The number of hydrogen-bond donors (Lipinski definition) is 0. The summed E-state index contributed by atoms with van der Waals surface area (Å²) < 4.78 is 6.54. The van der Waals surface area contributed by atoms with Gasteiger partial charge in [0.15, 0.2) is 0 Å². The van der Waals surface area contributed by atoms with Crippen molar-refractivity contribution in [3.8, 4) is 33.4 Å². The van der Waals surface area contributed by atoms with Crippen LogP contribution in [0, 0.1) is 0 Å². The molecule has 1 heteroatoms. The van der Waals surface area contributed by atoms with Gasteiger partial charge >= 0.3 is 0 Å². The Morgan fingerprint density at radius 3 is 1.50 bits per heavy atom. The molecule has 270 valence electrons. The van der Waals surface area contributed by atoms with E-state index in [0.717, 1.165) is 27.3 Å². The largest absolute Gasteiger partial charge is 0.455 e. The quantitative estimate of drug-likeness (QED) is 0.127. The van der Waals surface area contributed by atoms with Crippen LogP contribution in [-0.2, 0) is 5.41 Å². The van der Waals surface area contributed by atoms with Crippen LogP contribution < -0.4 is 0 Å². The van der Waals surface area contributed by atoms with Crippen molar-refractivity contribution in [2.75, 3.05) is 0 Å². The second-order valence-corrected chi connectivity index (χ2v) is 16.7. The van der Waals surface area contributed by atoms with Gasteiger partial charge in [-0.25, -0.2) is 0 Å². The van der Waals surface area contributed by atoms with Gasteiger partial charge in [0.2, 0.25) is 0 Å². The molecule has 0 N–H and O–H groups in total. The molecule has 1 nitrogen and oxygen atoms in total. The molecule has 0 atom stereocenters. The molecule has 0 unspecified atom stereocenters. The molecular weight excluding hydrogens is 701 g/mol. The lowest BCUT2D eigenvalue weighted by atomic mass is 9.77. The molecule has 1 aliphatic carbocycles. The summed E-state index contributed by atoms with van der Waals surface area (Å²) in [4.78, 5) is 0. The fourth-order valence-corrected chi connectivity index (χ4v) is 11.0. The average molecular weight is 737 g/mol. The Kier molecular flexibility index (Phi) is 6.29. The Bertz CT molecular complexity index is 3710. The van der Waals surface area contributed by atoms with E-state index in [1.54, 1.807) is 0 Å². The van der Waals surface area contributed by atoms with Crippen molar-refractivity contribution in [3.63, 3.8) is 0 Å². The summed E-state index contributed by atoms with van der Waals surface area (Å²) >= 11 is 0. The monoisotopic (exact) mass is 736 g/mol. The summed E-state index contributed by atoms with van der Waals surface area (Å²) in [5.74, 6) is 0. The Hall–Kier alpha value is -7.22. The summed E-state index contributed by atoms with van der Waals surface area (Å²) in [7, 11) is 0. The highest BCUT2D eigenvalue weighted by Gasteiger charge is 2.39. The Labute approximate surface area is 335 Å². The smallest absolute Gasteiger partial charge is 0.143 e. The summed E-state index contributed by atoms with van der Waals surface area (Å²) in [6, 6.07) is 67.5. The van der Waals surface area contributed by atoms with Gasteiger partial charge in [0.1, 0.15) is 11.2 Å². The van der Waals surface area contributed by atoms with Gasteiger partial charge in [-0.15, -0.1) is 0 Å². The van der Waals surface area contributed by atoms with Gasteiger partial charge in [0, 0.05) is 21.6 Å². The van der Waals surface area contributed by atoms with Crippen molar-refractivity contribution in [1.29, 1.82) is 0 Å². The fourth-order valence-electron chi connectivity index (χ4n) is 11.0. The van der Waals surface area contributed by atoms with Crippen molar-refractivity contribution >= 4 is 86.6 Å². The minimum Gasteiger partial charge on any atom is -0.455 e. The molecule has 0 spiro atoms. The van der Waals surface area contributed by atoms with Crippen LogP contribution >= 0.6 is 0 Å². The van der Waals surface area contributed by atoms with E-state index in [0.29, 0.717) is 0 Å². The first kappa shape index (κ1) is 31.9. The van der Waals surface area contributed by atoms with Crippen molar-refractivity contribution in [3.05, 3.63) is 193 Å². The molecule has 13 rings (SSSR count). The van der Waals surface area contributed by atoms with E-state index >= 15 is 0 Å². The van der Waals surface area contributed by atoms with E-state index in [9.17, 15) is 0 Å². The van der Waals surface area contributed by atoms with Gasteiger partial charge in [0.05, 0.1) is 0 Å². The molecule has 1 heterocycles. The normalized spacial score (nSPS) is 13.5. The van der Waals surface area contributed by atoms with Crippen molar-refractivity contribution in [2.45, 2.75) is 19.3 Å². The molecule has 12 aromatic rings. The Morgan fingerprint density at radius 2 is 0.828 bits per heavy atom. The Morgan fingerprint density at radius 1 is 0.328 bits per heavy atom. The number of furan rings is 1. The highest BCUT2D eigenvalue weighted by Crippen LogP contribution is 2.57. The van der Waals surface area contributed by atoms with E-state index in [2.05, 4.69) is 196 Å². The maximum Gasteiger partial charge on any atom is 0.143 e. The molecule has 0 saturated heterocycles. The summed E-state index contributed by atoms with van der Waals surface area (Å²) in [6.07, 6.45) is 0. The summed E-state index contributed by atoms with van der Waals surface area (Å²) in [5, 5.41) is 17.6. The third-order valence-electron chi connectivity index (χ3n) is 13.3. The molecule has 1 aromatic heterocycles. The zero-order valence-corrected chi connectivity index (χ0v) is 32.2. The molecule has 0 aliphatic heterocycles. The molecule has 0 bridgehead atoms. The predicted molar refractivity (Wildman–Crippen MR) is 247 cm³/mol. The topological polar surface area (TPSA) is 13.1 Å². The number of hydrogen-bond acceptors (Lipinski definition) is 1. The first-order valence-electron chi connectivity index (χ1n) is 20.3. The van der Waals surface area contributed by atoms with Gasteiger partial charge in [-0.3, -0.25) is 0 Å². The lowest BCUT2D eigenvalue weighted by Gasteiger charge is -2.25. The number of rotatable bonds is 2. The molecule has 0 fully saturated rings. The van der Waals surface area contributed by atoms with Crippen molar-refractivity contribution in [1.82, 2.24) is 0 Å². The van der Waals surface area contributed by atoms with E-state index in [-0.39, 0.29) is 5.41 Å². The second-order valence-electron chi connectivity index (χ2n) is 16.7. The van der Waals surface area contributed by atoms with Crippen LogP contribution in [-0.4, -0.2) is 0 Å². The molecule has 58 heavy (non-hydrogen) atoms. The molecule has 11 aromatic carbocycles. The number of benzene rings is 11. The van der Waals surface area contributed by atoms with Crippen LogP contribution in [0.25, 0.3) is 120 Å². The third-order valence-corrected chi connectivity index (χ3v) is 13.3.